The Morgan fingerprint density at radius 1 is 1.35 bits per heavy atom. The first kappa shape index (κ1) is 14.8. The number of nitrogens with zero attached hydrogens (tertiary/aromatic N) is 2. The molecule has 0 atom stereocenters. The molecular formula is C10H11N2NaO3S. The predicted molar refractivity (Wildman–Crippen MR) is 58.0 cm³/mol. The van der Waals surface area contributed by atoms with E-state index in [0.29, 0.717) is 11.4 Å². The fraction of sp³-hybridized carbons (Fsp3) is 0.400. The summed E-state index contributed by atoms with van der Waals surface area (Å²) in [7, 11) is -4.46. The van der Waals surface area contributed by atoms with E-state index in [0.717, 1.165) is 11.9 Å². The van der Waals surface area contributed by atoms with E-state index in [1.54, 1.807) is 0 Å². The van der Waals surface area contributed by atoms with Crippen molar-refractivity contribution in [2.45, 2.75) is 31.1 Å². The Labute approximate surface area is 122 Å². The van der Waals surface area contributed by atoms with Crippen LogP contribution in [0.3, 0.4) is 0 Å². The molecule has 0 spiro atoms. The number of aliphatic imine (C=N–C) groups is 1. The number of hydrogen-bond donors (Lipinski definition) is 0. The smallest absolute Gasteiger partial charge is 0.744 e. The van der Waals surface area contributed by atoms with Crippen molar-refractivity contribution in [3.05, 3.63) is 17.8 Å². The van der Waals surface area contributed by atoms with Crippen molar-refractivity contribution in [2.24, 2.45) is 4.99 Å². The third kappa shape index (κ3) is 2.46. The Kier molecular flexibility index (Phi) is 3.86. The summed E-state index contributed by atoms with van der Waals surface area (Å²) in [5, 5.41) is 0. The van der Waals surface area contributed by atoms with Gasteiger partial charge in [0.15, 0.2) is 5.82 Å². The van der Waals surface area contributed by atoms with Crippen LogP contribution >= 0.6 is 0 Å². The summed E-state index contributed by atoms with van der Waals surface area (Å²) in [5.74, 6) is 0.495. The van der Waals surface area contributed by atoms with Crippen LogP contribution in [0.1, 0.15) is 26.3 Å². The van der Waals surface area contributed by atoms with Crippen LogP contribution < -0.4 is 29.6 Å². The van der Waals surface area contributed by atoms with Gasteiger partial charge in [-0.1, -0.05) is 13.8 Å². The molecule has 1 aromatic rings. The fourth-order valence-corrected chi connectivity index (χ4v) is 2.06. The van der Waals surface area contributed by atoms with E-state index in [2.05, 4.69) is 9.98 Å². The monoisotopic (exact) mass is 262 g/mol. The largest absolute Gasteiger partial charge is 1.00 e. The van der Waals surface area contributed by atoms with E-state index in [4.69, 9.17) is 0 Å². The average molecular weight is 262 g/mol. The number of rotatable bonds is 1. The van der Waals surface area contributed by atoms with E-state index >= 15 is 0 Å². The zero-order chi connectivity index (χ0) is 12.1. The van der Waals surface area contributed by atoms with E-state index in [-0.39, 0.29) is 39.9 Å². The predicted octanol–water partition coefficient (Wildman–Crippen LogP) is -1.63. The molecule has 0 N–H and O–H groups in total. The number of aromatic nitrogens is 1. The summed E-state index contributed by atoms with van der Waals surface area (Å²) < 4.78 is 32.7. The molecule has 0 aliphatic carbocycles. The van der Waals surface area contributed by atoms with E-state index in [1.165, 1.54) is 6.07 Å². The molecule has 86 valence electrons. The van der Waals surface area contributed by atoms with Gasteiger partial charge in [-0.3, -0.25) is 0 Å². The topological polar surface area (TPSA) is 82.5 Å². The molecular weight excluding hydrogens is 251 g/mol. The Balaban J connectivity index is 0.00000144. The first-order valence-corrected chi connectivity index (χ1v) is 6.16. The zero-order valence-corrected chi connectivity index (χ0v) is 13.0. The van der Waals surface area contributed by atoms with Gasteiger partial charge in [0.25, 0.3) is 0 Å². The van der Waals surface area contributed by atoms with Gasteiger partial charge in [0.05, 0.1) is 4.90 Å². The molecule has 0 saturated heterocycles. The van der Waals surface area contributed by atoms with Crippen LogP contribution in [0.5, 0.6) is 0 Å². The Morgan fingerprint density at radius 3 is 2.47 bits per heavy atom. The minimum Gasteiger partial charge on any atom is -0.744 e. The zero-order valence-electron chi connectivity index (χ0n) is 10.2. The molecule has 0 aromatic carbocycles. The van der Waals surface area contributed by atoms with Gasteiger partial charge in [0.1, 0.15) is 10.1 Å². The molecule has 0 radical (unpaired) electrons. The van der Waals surface area contributed by atoms with Crippen molar-refractivity contribution in [1.29, 1.82) is 0 Å². The molecule has 0 fully saturated rings. The second-order valence-electron chi connectivity index (χ2n) is 4.32. The fourth-order valence-electron chi connectivity index (χ4n) is 1.62. The van der Waals surface area contributed by atoms with Crippen LogP contribution in [0.25, 0.3) is 0 Å². The summed E-state index contributed by atoms with van der Waals surface area (Å²) in [6.45, 7) is 5.69. The number of hydrogen-bond acceptors (Lipinski definition) is 5. The van der Waals surface area contributed by atoms with Gasteiger partial charge >= 0.3 is 29.6 Å². The maximum atomic E-state index is 10.9. The third-order valence-corrected chi connectivity index (χ3v) is 3.78. The van der Waals surface area contributed by atoms with Crippen molar-refractivity contribution >= 4 is 21.6 Å². The van der Waals surface area contributed by atoms with Gasteiger partial charge in [-0.05, 0) is 13.0 Å². The Hall–Kier alpha value is -0.270. The SMILES string of the molecule is CC1=Nc2ncc(S(=O)(=O)[O-])cc2C1(C)C.[Na+]. The summed E-state index contributed by atoms with van der Waals surface area (Å²) in [4.78, 5) is 7.84. The molecule has 0 saturated carbocycles. The summed E-state index contributed by atoms with van der Waals surface area (Å²) >= 11 is 0. The van der Waals surface area contributed by atoms with Crippen molar-refractivity contribution in [3.63, 3.8) is 0 Å². The summed E-state index contributed by atoms with van der Waals surface area (Å²) in [6.07, 6.45) is 1.05. The van der Waals surface area contributed by atoms with Crippen LogP contribution in [-0.4, -0.2) is 23.7 Å². The molecule has 5 nitrogen and oxygen atoms in total. The molecule has 0 bridgehead atoms. The van der Waals surface area contributed by atoms with Crippen LogP contribution in [0, 0.1) is 0 Å². The van der Waals surface area contributed by atoms with E-state index in [1.807, 2.05) is 20.8 Å². The first-order chi connectivity index (χ1) is 7.23. The second kappa shape index (κ2) is 4.44. The van der Waals surface area contributed by atoms with Crippen LogP contribution in [-0.2, 0) is 15.5 Å². The van der Waals surface area contributed by atoms with E-state index in [9.17, 15) is 13.0 Å². The van der Waals surface area contributed by atoms with Crippen molar-refractivity contribution in [1.82, 2.24) is 4.98 Å². The van der Waals surface area contributed by atoms with E-state index < -0.39 is 10.1 Å². The standard InChI is InChI=1S/C10H12N2O3S.Na/c1-6-10(2,3)8-4-7(16(13,14)15)5-11-9(8)12-6;/h4-5H,1-3H3,(H,13,14,15);/q;+1/p-1. The van der Waals surface area contributed by atoms with Gasteiger partial charge in [-0.25, -0.2) is 18.4 Å². The van der Waals surface area contributed by atoms with Crippen LogP contribution in [0.4, 0.5) is 5.82 Å². The van der Waals surface area contributed by atoms with Crippen molar-refractivity contribution in [3.8, 4) is 0 Å². The molecule has 1 aliphatic heterocycles. The Bertz CT molecular complexity index is 594. The van der Waals surface area contributed by atoms with Crippen LogP contribution in [0.2, 0.25) is 0 Å². The van der Waals surface area contributed by atoms with Gasteiger partial charge in [0, 0.05) is 22.9 Å². The summed E-state index contributed by atoms with van der Waals surface area (Å²) in [6, 6.07) is 1.37. The summed E-state index contributed by atoms with van der Waals surface area (Å²) in [5.41, 5.74) is 1.17. The molecule has 1 aliphatic rings. The quantitative estimate of drug-likeness (QED) is 0.449. The van der Waals surface area contributed by atoms with Gasteiger partial charge in [0.2, 0.25) is 0 Å². The Morgan fingerprint density at radius 2 is 1.94 bits per heavy atom. The molecule has 0 unspecified atom stereocenters. The number of fused-ring (bicyclic) bond motifs is 1. The maximum absolute atomic E-state index is 10.9. The van der Waals surface area contributed by atoms with Crippen LogP contribution in [0.15, 0.2) is 22.2 Å². The minimum absolute atomic E-state index is 0. The van der Waals surface area contributed by atoms with Gasteiger partial charge in [-0.2, -0.15) is 0 Å². The van der Waals surface area contributed by atoms with Gasteiger partial charge in [-0.15, -0.1) is 0 Å². The second-order valence-corrected chi connectivity index (χ2v) is 5.70. The molecule has 7 heteroatoms. The maximum Gasteiger partial charge on any atom is 1.00 e. The average Bonchev–Trinajstić information content (AvgIpc) is 2.37. The molecule has 17 heavy (non-hydrogen) atoms. The molecule has 0 amide bonds. The molecule has 2 rings (SSSR count). The van der Waals surface area contributed by atoms with Crippen molar-refractivity contribution < 1.29 is 42.5 Å². The molecule has 1 aromatic heterocycles. The van der Waals surface area contributed by atoms with Gasteiger partial charge < -0.3 is 4.55 Å². The normalized spacial score (nSPS) is 17.1. The van der Waals surface area contributed by atoms with Crippen molar-refractivity contribution in [2.75, 3.05) is 0 Å². The molecule has 2 heterocycles. The first-order valence-electron chi connectivity index (χ1n) is 4.75. The third-order valence-electron chi connectivity index (χ3n) is 2.98. The number of pyridine rings is 1. The minimum atomic E-state index is -4.46.